The van der Waals surface area contributed by atoms with E-state index in [-0.39, 0.29) is 18.4 Å². The Bertz CT molecular complexity index is 907. The number of fused-ring (bicyclic) bond motifs is 1. The third-order valence-corrected chi connectivity index (χ3v) is 6.26. The molecule has 2 aromatic carbocycles. The molecule has 0 unspecified atom stereocenters. The Morgan fingerprint density at radius 1 is 1.03 bits per heavy atom. The predicted molar refractivity (Wildman–Crippen MR) is 118 cm³/mol. The van der Waals surface area contributed by atoms with E-state index in [2.05, 4.69) is 10.2 Å². The van der Waals surface area contributed by atoms with E-state index in [1.54, 1.807) is 4.90 Å². The predicted octanol–water partition coefficient (Wildman–Crippen LogP) is 3.38. The van der Waals surface area contributed by atoms with Gasteiger partial charge in [0.1, 0.15) is 6.54 Å². The molecule has 2 aliphatic heterocycles. The van der Waals surface area contributed by atoms with Gasteiger partial charge in [-0.25, -0.2) is 0 Å². The lowest BCUT2D eigenvalue weighted by atomic mass is 10.2. The fourth-order valence-corrected chi connectivity index (χ4v) is 4.74. The number of likely N-dealkylation sites (tertiary alicyclic amines) is 1. The fraction of sp³-hybridized carbons (Fsp3) is 0.304. The van der Waals surface area contributed by atoms with Crippen LogP contribution >= 0.6 is 11.8 Å². The van der Waals surface area contributed by atoms with Crippen LogP contribution in [0.2, 0.25) is 0 Å². The molecule has 0 atom stereocenters. The van der Waals surface area contributed by atoms with E-state index in [1.807, 2.05) is 60.7 Å². The number of para-hydroxylation sites is 1. The quantitative estimate of drug-likeness (QED) is 0.746. The average molecular weight is 408 g/mol. The van der Waals surface area contributed by atoms with Crippen LogP contribution in [0, 0.1) is 0 Å². The van der Waals surface area contributed by atoms with Gasteiger partial charge in [-0.2, -0.15) is 0 Å². The minimum Gasteiger partial charge on any atom is -0.353 e. The van der Waals surface area contributed by atoms with Crippen LogP contribution in [0.5, 0.6) is 0 Å². The van der Waals surface area contributed by atoms with Crippen molar-refractivity contribution in [3.8, 4) is 0 Å². The van der Waals surface area contributed by atoms with E-state index in [4.69, 9.17) is 0 Å². The van der Waals surface area contributed by atoms with Crippen molar-refractivity contribution in [1.82, 2.24) is 10.2 Å². The molecule has 2 heterocycles. The van der Waals surface area contributed by atoms with E-state index in [0.717, 1.165) is 35.8 Å². The number of amides is 2. The number of nitrogens with one attached hydrogen (secondary N) is 1. The zero-order chi connectivity index (χ0) is 20.1. The number of carbonyl (C=O) groups excluding carboxylic acids is 2. The number of nitrogens with zero attached hydrogens (tertiary/aromatic N) is 2. The standard InChI is InChI=1S/C23H25N3O2S/c27-22(24-12-15-25-13-6-7-14-25)17-26-19-10-4-5-11-20(19)29-21(23(26)28)16-18-8-2-1-3-9-18/h1-5,8-11,16H,6-7,12-15,17H2,(H,24,27). The number of hydrogen-bond donors (Lipinski definition) is 1. The van der Waals surface area contributed by atoms with Gasteiger partial charge >= 0.3 is 0 Å². The third-order valence-electron chi connectivity index (χ3n) is 5.18. The Balaban J connectivity index is 1.47. The lowest BCUT2D eigenvalue weighted by molar-refractivity contribution is -0.122. The molecule has 2 amide bonds. The van der Waals surface area contributed by atoms with Crippen molar-refractivity contribution in [3.63, 3.8) is 0 Å². The molecule has 5 nitrogen and oxygen atoms in total. The van der Waals surface area contributed by atoms with Gasteiger partial charge in [0.15, 0.2) is 0 Å². The number of hydrogen-bond acceptors (Lipinski definition) is 4. The van der Waals surface area contributed by atoms with Gasteiger partial charge in [-0.15, -0.1) is 0 Å². The van der Waals surface area contributed by atoms with E-state index in [0.29, 0.717) is 11.4 Å². The third kappa shape index (κ3) is 4.89. The number of thioether (sulfide) groups is 1. The van der Waals surface area contributed by atoms with Crippen molar-refractivity contribution in [2.45, 2.75) is 17.7 Å². The summed E-state index contributed by atoms with van der Waals surface area (Å²) in [6, 6.07) is 17.5. The van der Waals surface area contributed by atoms with Crippen LogP contribution in [-0.4, -0.2) is 49.4 Å². The molecule has 2 aliphatic rings. The molecule has 150 valence electrons. The largest absolute Gasteiger partial charge is 0.353 e. The molecule has 0 aliphatic carbocycles. The monoisotopic (exact) mass is 407 g/mol. The van der Waals surface area contributed by atoms with Crippen molar-refractivity contribution in [2.75, 3.05) is 37.6 Å². The smallest absolute Gasteiger partial charge is 0.265 e. The average Bonchev–Trinajstić information content (AvgIpc) is 3.25. The molecular weight excluding hydrogens is 382 g/mol. The van der Waals surface area contributed by atoms with Crippen molar-refractivity contribution in [1.29, 1.82) is 0 Å². The first-order valence-corrected chi connectivity index (χ1v) is 10.9. The number of rotatable bonds is 6. The molecule has 6 heteroatoms. The topological polar surface area (TPSA) is 52.7 Å². The molecule has 0 saturated carbocycles. The Morgan fingerprint density at radius 3 is 2.55 bits per heavy atom. The summed E-state index contributed by atoms with van der Waals surface area (Å²) in [6.45, 7) is 3.73. The molecule has 1 saturated heterocycles. The number of anilines is 1. The highest BCUT2D eigenvalue weighted by Gasteiger charge is 2.30. The number of carbonyl (C=O) groups is 2. The zero-order valence-electron chi connectivity index (χ0n) is 16.3. The summed E-state index contributed by atoms with van der Waals surface area (Å²) in [5, 5.41) is 2.97. The highest BCUT2D eigenvalue weighted by molar-refractivity contribution is 8.04. The first-order valence-electron chi connectivity index (χ1n) is 10.1. The number of benzene rings is 2. The molecule has 1 fully saturated rings. The second kappa shape index (κ2) is 9.29. The van der Waals surface area contributed by atoms with E-state index >= 15 is 0 Å². The molecule has 0 spiro atoms. The van der Waals surface area contributed by atoms with E-state index in [9.17, 15) is 9.59 Å². The van der Waals surface area contributed by atoms with Crippen LogP contribution in [0.1, 0.15) is 18.4 Å². The van der Waals surface area contributed by atoms with Crippen LogP contribution < -0.4 is 10.2 Å². The highest BCUT2D eigenvalue weighted by Crippen LogP contribution is 2.41. The molecule has 0 bridgehead atoms. The van der Waals surface area contributed by atoms with Crippen LogP contribution in [0.15, 0.2) is 64.4 Å². The van der Waals surface area contributed by atoms with Gasteiger partial charge in [0.25, 0.3) is 5.91 Å². The SMILES string of the molecule is O=C(CN1C(=O)C(=Cc2ccccc2)Sc2ccccc21)NCCN1CCCC1. The lowest BCUT2D eigenvalue weighted by Gasteiger charge is -2.30. The molecule has 2 aromatic rings. The van der Waals surface area contributed by atoms with Crippen molar-refractivity contribution in [2.24, 2.45) is 0 Å². The van der Waals surface area contributed by atoms with Gasteiger partial charge in [-0.1, -0.05) is 54.2 Å². The Kier molecular flexibility index (Phi) is 6.32. The molecule has 0 aromatic heterocycles. The molecule has 0 radical (unpaired) electrons. The second-order valence-electron chi connectivity index (χ2n) is 7.28. The first-order chi connectivity index (χ1) is 14.2. The van der Waals surface area contributed by atoms with Crippen molar-refractivity contribution >= 4 is 35.3 Å². The van der Waals surface area contributed by atoms with Crippen LogP contribution in [-0.2, 0) is 9.59 Å². The van der Waals surface area contributed by atoms with Gasteiger partial charge in [-0.05, 0) is 49.7 Å². The normalized spacial score (nSPS) is 18.1. The maximum atomic E-state index is 13.2. The molecule has 1 N–H and O–H groups in total. The van der Waals surface area contributed by atoms with Gasteiger partial charge in [0.2, 0.25) is 5.91 Å². The Morgan fingerprint density at radius 2 is 1.76 bits per heavy atom. The molecular formula is C23H25N3O2S. The summed E-state index contributed by atoms with van der Waals surface area (Å²) in [4.78, 5) is 31.3. The van der Waals surface area contributed by atoms with Gasteiger partial charge in [0.05, 0.1) is 10.6 Å². The first kappa shape index (κ1) is 19.7. The minimum absolute atomic E-state index is 0.0303. The summed E-state index contributed by atoms with van der Waals surface area (Å²) in [5.41, 5.74) is 1.76. The summed E-state index contributed by atoms with van der Waals surface area (Å²) >= 11 is 1.46. The fourth-order valence-electron chi connectivity index (χ4n) is 3.68. The second-order valence-corrected chi connectivity index (χ2v) is 8.36. The van der Waals surface area contributed by atoms with E-state index in [1.165, 1.54) is 24.6 Å². The lowest BCUT2D eigenvalue weighted by Crippen LogP contribution is -2.44. The van der Waals surface area contributed by atoms with Gasteiger partial charge < -0.3 is 10.2 Å². The van der Waals surface area contributed by atoms with Crippen LogP contribution in [0.4, 0.5) is 5.69 Å². The molecule has 4 rings (SSSR count). The zero-order valence-corrected chi connectivity index (χ0v) is 17.2. The van der Waals surface area contributed by atoms with Gasteiger partial charge in [0, 0.05) is 18.0 Å². The maximum absolute atomic E-state index is 13.2. The Hall–Kier alpha value is -2.57. The van der Waals surface area contributed by atoms with Gasteiger partial charge in [-0.3, -0.25) is 14.5 Å². The summed E-state index contributed by atoms with van der Waals surface area (Å²) in [5.74, 6) is -0.259. The van der Waals surface area contributed by atoms with Crippen LogP contribution in [0.3, 0.4) is 0 Å². The summed E-state index contributed by atoms with van der Waals surface area (Å²) < 4.78 is 0. The van der Waals surface area contributed by atoms with Crippen molar-refractivity contribution < 1.29 is 9.59 Å². The summed E-state index contributed by atoms with van der Waals surface area (Å²) in [7, 11) is 0. The minimum atomic E-state index is -0.132. The molecule has 29 heavy (non-hydrogen) atoms. The highest BCUT2D eigenvalue weighted by atomic mass is 32.2. The van der Waals surface area contributed by atoms with E-state index < -0.39 is 0 Å². The summed E-state index contributed by atoms with van der Waals surface area (Å²) in [6.07, 6.45) is 4.36. The van der Waals surface area contributed by atoms with Crippen molar-refractivity contribution in [3.05, 3.63) is 65.1 Å². The Labute approximate surface area is 175 Å². The van der Waals surface area contributed by atoms with Crippen LogP contribution in [0.25, 0.3) is 6.08 Å². The maximum Gasteiger partial charge on any atom is 0.265 e.